The van der Waals surface area contributed by atoms with Crippen LogP contribution in [0.25, 0.3) is 0 Å². The SMILES string of the molecule is CCCCC/C=C\C/C=C\CCCCCCCCCC(=O)OC(COCCC(C(=O)O)[N+](C)(C)C)COC(=O)CCCCCCCCCCCCCCCCCCCCCCCC. The Kier molecular flexibility index (Phi) is 44.7. The van der Waals surface area contributed by atoms with Crippen LogP contribution in [0.3, 0.4) is 0 Å². The molecule has 2 atom stereocenters. The van der Waals surface area contributed by atoms with E-state index in [1.165, 1.54) is 173 Å². The summed E-state index contributed by atoms with van der Waals surface area (Å²) >= 11 is 0. The van der Waals surface area contributed by atoms with Crippen LogP contribution in [0.4, 0.5) is 0 Å². The topological polar surface area (TPSA) is 99.1 Å². The van der Waals surface area contributed by atoms with Gasteiger partial charge in [0.1, 0.15) is 6.61 Å². The van der Waals surface area contributed by atoms with Gasteiger partial charge >= 0.3 is 17.9 Å². The van der Waals surface area contributed by atoms with Gasteiger partial charge in [0.15, 0.2) is 12.1 Å². The molecule has 63 heavy (non-hydrogen) atoms. The minimum Gasteiger partial charge on any atom is -0.477 e. The molecule has 0 rings (SSSR count). The highest BCUT2D eigenvalue weighted by atomic mass is 16.6. The first-order chi connectivity index (χ1) is 30.6. The van der Waals surface area contributed by atoms with Crippen molar-refractivity contribution in [2.45, 2.75) is 270 Å². The summed E-state index contributed by atoms with van der Waals surface area (Å²) in [7, 11) is 5.54. The molecule has 370 valence electrons. The van der Waals surface area contributed by atoms with Crippen LogP contribution in [0, 0.1) is 0 Å². The maximum Gasteiger partial charge on any atom is 0.362 e. The van der Waals surface area contributed by atoms with E-state index in [1.54, 1.807) is 0 Å². The molecule has 0 saturated heterocycles. The van der Waals surface area contributed by atoms with Gasteiger partial charge in [-0.15, -0.1) is 0 Å². The molecule has 0 heterocycles. The van der Waals surface area contributed by atoms with Crippen molar-refractivity contribution in [1.82, 2.24) is 0 Å². The number of allylic oxidation sites excluding steroid dienone is 4. The van der Waals surface area contributed by atoms with Crippen LogP contribution in [0.1, 0.15) is 258 Å². The average molecular weight is 891 g/mol. The van der Waals surface area contributed by atoms with Crippen LogP contribution in [0.15, 0.2) is 24.3 Å². The molecule has 8 heteroatoms. The van der Waals surface area contributed by atoms with Gasteiger partial charge in [0.25, 0.3) is 0 Å². The lowest BCUT2D eigenvalue weighted by atomic mass is 10.0. The van der Waals surface area contributed by atoms with Crippen molar-refractivity contribution in [3.63, 3.8) is 0 Å². The molecule has 0 spiro atoms. The number of carbonyl (C=O) groups is 3. The molecule has 2 unspecified atom stereocenters. The third-order valence-electron chi connectivity index (χ3n) is 12.4. The summed E-state index contributed by atoms with van der Waals surface area (Å²) in [4.78, 5) is 37.2. The normalized spacial score (nSPS) is 13.0. The fraction of sp³-hybridized carbons (Fsp3) is 0.873. The molecule has 0 fully saturated rings. The summed E-state index contributed by atoms with van der Waals surface area (Å²) in [6.45, 7) is 4.75. The summed E-state index contributed by atoms with van der Waals surface area (Å²) in [5, 5.41) is 9.66. The number of aliphatic carboxylic acids is 1. The van der Waals surface area contributed by atoms with E-state index in [4.69, 9.17) is 14.2 Å². The number of ether oxygens (including phenoxy) is 3. The molecule has 0 aliphatic carbocycles. The maximum atomic E-state index is 12.8. The van der Waals surface area contributed by atoms with Crippen molar-refractivity contribution >= 4 is 17.9 Å². The van der Waals surface area contributed by atoms with Gasteiger partial charge in [0, 0.05) is 19.3 Å². The van der Waals surface area contributed by atoms with Crippen LogP contribution in [-0.2, 0) is 28.6 Å². The maximum absolute atomic E-state index is 12.8. The molecule has 0 aromatic rings. The van der Waals surface area contributed by atoms with E-state index in [-0.39, 0.29) is 36.2 Å². The summed E-state index contributed by atoms with van der Waals surface area (Å²) in [6.07, 6.45) is 53.7. The number of carboxylic acids is 1. The van der Waals surface area contributed by atoms with Crippen molar-refractivity contribution < 1.29 is 38.2 Å². The molecule has 0 radical (unpaired) electrons. The Morgan fingerprint density at radius 3 is 1.25 bits per heavy atom. The summed E-state index contributed by atoms with van der Waals surface area (Å²) in [6, 6.07) is -0.614. The number of hydrogen-bond donors (Lipinski definition) is 1. The van der Waals surface area contributed by atoms with E-state index in [0.29, 0.717) is 19.3 Å². The first-order valence-corrected chi connectivity index (χ1v) is 26.9. The van der Waals surface area contributed by atoms with E-state index >= 15 is 0 Å². The first-order valence-electron chi connectivity index (χ1n) is 26.9. The first kappa shape index (κ1) is 60.8. The highest BCUT2D eigenvalue weighted by molar-refractivity contribution is 5.72. The highest BCUT2D eigenvalue weighted by Gasteiger charge is 2.31. The van der Waals surface area contributed by atoms with Crippen molar-refractivity contribution in [3.05, 3.63) is 24.3 Å². The van der Waals surface area contributed by atoms with Crippen LogP contribution >= 0.6 is 0 Å². The monoisotopic (exact) mass is 891 g/mol. The Morgan fingerprint density at radius 2 is 0.841 bits per heavy atom. The molecule has 0 aromatic carbocycles. The van der Waals surface area contributed by atoms with Gasteiger partial charge in [0.2, 0.25) is 0 Å². The second-order valence-corrected chi connectivity index (χ2v) is 19.5. The van der Waals surface area contributed by atoms with Gasteiger partial charge in [-0.25, -0.2) is 4.79 Å². The van der Waals surface area contributed by atoms with Gasteiger partial charge < -0.3 is 23.8 Å². The van der Waals surface area contributed by atoms with E-state index in [9.17, 15) is 19.5 Å². The second kappa shape index (κ2) is 46.3. The quantitative estimate of drug-likeness (QED) is 0.0281. The van der Waals surface area contributed by atoms with E-state index in [2.05, 4.69) is 38.2 Å². The standard InChI is InChI=1S/C55H103NO7/c1-6-8-10-12-14-16-18-20-22-24-25-26-27-28-30-31-33-35-37-39-41-43-45-53(57)62-50-51(49-61-48-47-52(55(59)60)56(3,4)5)63-54(58)46-44-42-40-38-36-34-32-29-23-21-19-17-15-13-11-9-7-2/h15,17,21,23,51-52H,6-14,16,18-20,22,24-50H2,1-5H3/p+1/b17-15-,23-21-. The number of carbonyl (C=O) groups excluding carboxylic acids is 2. The zero-order valence-corrected chi connectivity index (χ0v) is 42.3. The lowest BCUT2D eigenvalue weighted by molar-refractivity contribution is -0.887. The van der Waals surface area contributed by atoms with Crippen LogP contribution in [0.2, 0.25) is 0 Å². The number of nitrogens with zero attached hydrogens (tertiary/aromatic N) is 1. The van der Waals surface area contributed by atoms with Crippen LogP contribution < -0.4 is 0 Å². The fourth-order valence-corrected chi connectivity index (χ4v) is 8.18. The Morgan fingerprint density at radius 1 is 0.476 bits per heavy atom. The molecule has 0 aliphatic rings. The van der Waals surface area contributed by atoms with E-state index < -0.39 is 18.1 Å². The molecule has 0 aliphatic heterocycles. The lowest BCUT2D eigenvalue weighted by Crippen LogP contribution is -2.50. The average Bonchev–Trinajstić information content (AvgIpc) is 3.24. The molecule has 0 amide bonds. The summed E-state index contributed by atoms with van der Waals surface area (Å²) in [5.74, 6) is -1.46. The van der Waals surface area contributed by atoms with Crippen molar-refractivity contribution in [2.75, 3.05) is 41.0 Å². The summed E-state index contributed by atoms with van der Waals surface area (Å²) < 4.78 is 17.4. The zero-order valence-electron chi connectivity index (χ0n) is 42.3. The number of quaternary nitrogens is 1. The number of hydrogen-bond acceptors (Lipinski definition) is 6. The Bertz CT molecular complexity index is 1080. The van der Waals surface area contributed by atoms with Gasteiger partial charge in [-0.2, -0.15) is 0 Å². The van der Waals surface area contributed by atoms with Gasteiger partial charge in [0.05, 0.1) is 34.4 Å². The van der Waals surface area contributed by atoms with Gasteiger partial charge in [-0.05, 0) is 44.9 Å². The largest absolute Gasteiger partial charge is 0.477 e. The third kappa shape index (κ3) is 44.8. The number of unbranched alkanes of at least 4 members (excludes halogenated alkanes) is 31. The third-order valence-corrected chi connectivity index (χ3v) is 12.4. The Balaban J connectivity index is 4.17. The smallest absolute Gasteiger partial charge is 0.362 e. The van der Waals surface area contributed by atoms with Gasteiger partial charge in [-0.3, -0.25) is 9.59 Å². The molecule has 0 bridgehead atoms. The van der Waals surface area contributed by atoms with Gasteiger partial charge in [-0.1, -0.05) is 218 Å². The number of carboxylic acid groups (broad SMARTS) is 1. The molecule has 8 nitrogen and oxygen atoms in total. The minimum atomic E-state index is -0.873. The predicted octanol–water partition coefficient (Wildman–Crippen LogP) is 15.6. The zero-order chi connectivity index (χ0) is 46.3. The molecule has 0 aromatic heterocycles. The Labute approximate surface area is 390 Å². The highest BCUT2D eigenvalue weighted by Crippen LogP contribution is 2.17. The predicted molar refractivity (Wildman–Crippen MR) is 266 cm³/mol. The Hall–Kier alpha value is -2.19. The molecule has 0 saturated carbocycles. The number of likely N-dealkylation sites (N-methyl/N-ethyl adjacent to an activating group) is 1. The van der Waals surface area contributed by atoms with Crippen molar-refractivity contribution in [3.8, 4) is 0 Å². The van der Waals surface area contributed by atoms with Crippen molar-refractivity contribution in [1.29, 1.82) is 0 Å². The minimum absolute atomic E-state index is 0.0491. The molecule has 1 N–H and O–H groups in total. The van der Waals surface area contributed by atoms with Crippen molar-refractivity contribution in [2.24, 2.45) is 0 Å². The second-order valence-electron chi connectivity index (χ2n) is 19.5. The molecular formula is C55H104NO7+. The number of rotatable bonds is 49. The van der Waals surface area contributed by atoms with E-state index in [1.807, 2.05) is 21.1 Å². The molecular weight excluding hydrogens is 787 g/mol. The van der Waals surface area contributed by atoms with Crippen LogP contribution in [-0.4, -0.2) is 80.6 Å². The lowest BCUT2D eigenvalue weighted by Gasteiger charge is -2.31. The van der Waals surface area contributed by atoms with E-state index in [0.717, 1.165) is 51.4 Å². The number of esters is 2. The van der Waals surface area contributed by atoms with Crippen LogP contribution in [0.5, 0.6) is 0 Å². The fourth-order valence-electron chi connectivity index (χ4n) is 8.18. The summed E-state index contributed by atoms with van der Waals surface area (Å²) in [5.41, 5.74) is 0.